The minimum absolute atomic E-state index is 0.724. The summed E-state index contributed by atoms with van der Waals surface area (Å²) in [5.74, 6) is 0. The third-order valence-electron chi connectivity index (χ3n) is 1.59. The summed E-state index contributed by atoms with van der Waals surface area (Å²) in [7, 11) is 0. The van der Waals surface area contributed by atoms with E-state index in [1.165, 1.54) is 0 Å². The Balaban J connectivity index is 2.48. The van der Waals surface area contributed by atoms with E-state index in [1.54, 1.807) is 6.07 Å². The molecule has 0 spiro atoms. The van der Waals surface area contributed by atoms with Crippen molar-refractivity contribution in [2.45, 2.75) is 0 Å². The minimum atomic E-state index is 0.724. The van der Waals surface area contributed by atoms with Crippen LogP contribution in [-0.4, -0.2) is 10.2 Å². The van der Waals surface area contributed by atoms with Crippen molar-refractivity contribution in [2.24, 2.45) is 0 Å². The summed E-state index contributed by atoms with van der Waals surface area (Å²) in [6.45, 7) is 0. The molecule has 1 aromatic carbocycles. The predicted octanol–water partition coefficient (Wildman–Crippen LogP) is 2.53. The first kappa shape index (κ1) is 7.37. The number of H-pyrrole nitrogens is 1. The second-order valence-electron chi connectivity index (χ2n) is 2.42. The molecule has 12 heavy (non-hydrogen) atoms. The summed E-state index contributed by atoms with van der Waals surface area (Å²) >= 11 is 5.82. The second-order valence-corrected chi connectivity index (χ2v) is 2.86. The van der Waals surface area contributed by atoms with Crippen molar-refractivity contribution >= 4 is 11.6 Å². The number of halogens is 1. The summed E-state index contributed by atoms with van der Waals surface area (Å²) in [6, 6.07) is 9.37. The average molecular weight is 178 g/mol. The third-order valence-corrected chi connectivity index (χ3v) is 1.82. The zero-order valence-electron chi connectivity index (χ0n) is 6.21. The van der Waals surface area contributed by atoms with Crippen molar-refractivity contribution in [1.82, 2.24) is 10.2 Å². The normalized spacial score (nSPS) is 10.1. The van der Waals surface area contributed by atoms with E-state index >= 15 is 0 Å². The quantitative estimate of drug-likeness (QED) is 0.713. The molecule has 1 radical (unpaired) electrons. The zero-order valence-corrected chi connectivity index (χ0v) is 6.97. The van der Waals surface area contributed by atoms with Gasteiger partial charge >= 0.3 is 0 Å². The zero-order chi connectivity index (χ0) is 8.39. The van der Waals surface area contributed by atoms with Crippen molar-refractivity contribution in [2.75, 3.05) is 0 Å². The van der Waals surface area contributed by atoms with E-state index in [4.69, 9.17) is 11.6 Å². The Kier molecular flexibility index (Phi) is 1.84. The van der Waals surface area contributed by atoms with Crippen molar-refractivity contribution < 1.29 is 0 Å². The van der Waals surface area contributed by atoms with Crippen molar-refractivity contribution in [1.29, 1.82) is 0 Å². The van der Waals surface area contributed by atoms with Gasteiger partial charge in [-0.25, -0.2) is 0 Å². The Bertz CT molecular complexity index is 368. The van der Waals surface area contributed by atoms with Crippen LogP contribution in [0.3, 0.4) is 0 Å². The molecule has 0 saturated carbocycles. The molecule has 0 fully saturated rings. The standard InChI is InChI=1S/C9H6ClN2/c10-8-3-1-2-7(6-8)9-4-5-11-12-9/h1-4,6H,(H,11,12). The van der Waals surface area contributed by atoms with Gasteiger partial charge in [-0.15, -0.1) is 0 Å². The number of nitrogens with one attached hydrogen (secondary N) is 1. The number of benzene rings is 1. The minimum Gasteiger partial charge on any atom is -0.277 e. The lowest BCUT2D eigenvalue weighted by Crippen LogP contribution is -1.76. The third kappa shape index (κ3) is 1.34. The topological polar surface area (TPSA) is 28.7 Å². The predicted molar refractivity (Wildman–Crippen MR) is 47.9 cm³/mol. The number of nitrogens with zero attached hydrogens (tertiary/aromatic N) is 1. The molecule has 0 saturated heterocycles. The van der Waals surface area contributed by atoms with Crippen LogP contribution in [0.4, 0.5) is 0 Å². The lowest BCUT2D eigenvalue weighted by Gasteiger charge is -1.96. The smallest absolute Gasteiger partial charge is 0.113 e. The maximum atomic E-state index is 5.82. The molecule has 3 heteroatoms. The van der Waals surface area contributed by atoms with Crippen LogP contribution in [0.15, 0.2) is 30.3 Å². The molecule has 0 aliphatic rings. The highest BCUT2D eigenvalue weighted by molar-refractivity contribution is 6.30. The van der Waals surface area contributed by atoms with Gasteiger partial charge in [0.1, 0.15) is 6.20 Å². The molecule has 1 heterocycles. The van der Waals surface area contributed by atoms with Gasteiger partial charge < -0.3 is 0 Å². The SMILES string of the molecule is Clc1cccc(-c2c[c]n[nH]2)c1. The lowest BCUT2D eigenvalue weighted by molar-refractivity contribution is 1.09. The summed E-state index contributed by atoms with van der Waals surface area (Å²) < 4.78 is 0. The summed E-state index contributed by atoms with van der Waals surface area (Å²) in [4.78, 5) is 0. The fourth-order valence-corrected chi connectivity index (χ4v) is 1.22. The highest BCUT2D eigenvalue weighted by Gasteiger charge is 1.97. The van der Waals surface area contributed by atoms with Crippen molar-refractivity contribution in [3.63, 3.8) is 0 Å². The van der Waals surface area contributed by atoms with Gasteiger partial charge in [-0.1, -0.05) is 23.7 Å². The van der Waals surface area contributed by atoms with Gasteiger partial charge in [0.15, 0.2) is 0 Å². The number of hydrogen-bond donors (Lipinski definition) is 1. The van der Waals surface area contributed by atoms with Gasteiger partial charge in [-0.3, -0.25) is 5.10 Å². The molecule has 0 atom stereocenters. The summed E-state index contributed by atoms with van der Waals surface area (Å²) in [6.07, 6.45) is 2.70. The first-order valence-corrected chi connectivity index (χ1v) is 3.91. The van der Waals surface area contributed by atoms with E-state index in [1.807, 2.05) is 24.3 Å². The van der Waals surface area contributed by atoms with Crippen LogP contribution in [0.2, 0.25) is 5.02 Å². The van der Waals surface area contributed by atoms with Gasteiger partial charge in [-0.05, 0) is 18.2 Å². The van der Waals surface area contributed by atoms with E-state index < -0.39 is 0 Å². The van der Waals surface area contributed by atoms with E-state index in [-0.39, 0.29) is 0 Å². The molecule has 0 aliphatic heterocycles. The molecule has 2 nitrogen and oxygen atoms in total. The Morgan fingerprint density at radius 3 is 3.00 bits per heavy atom. The van der Waals surface area contributed by atoms with Crippen LogP contribution in [0, 0.1) is 6.20 Å². The number of rotatable bonds is 1. The van der Waals surface area contributed by atoms with Crippen molar-refractivity contribution in [3.8, 4) is 11.3 Å². The Labute approximate surface area is 75.2 Å². The molecule has 0 bridgehead atoms. The lowest BCUT2D eigenvalue weighted by atomic mass is 10.2. The molecular formula is C9H6ClN2. The number of aromatic amines is 1. The van der Waals surface area contributed by atoms with Crippen molar-refractivity contribution in [3.05, 3.63) is 41.6 Å². The molecule has 2 rings (SSSR count). The largest absolute Gasteiger partial charge is 0.277 e. The fourth-order valence-electron chi connectivity index (χ4n) is 1.03. The van der Waals surface area contributed by atoms with Crippen LogP contribution in [0.5, 0.6) is 0 Å². The van der Waals surface area contributed by atoms with Crippen LogP contribution in [0.25, 0.3) is 11.3 Å². The first-order valence-electron chi connectivity index (χ1n) is 3.53. The highest BCUT2D eigenvalue weighted by Crippen LogP contribution is 2.19. The van der Waals surface area contributed by atoms with Gasteiger partial charge in [0.2, 0.25) is 0 Å². The van der Waals surface area contributed by atoms with E-state index in [0.29, 0.717) is 0 Å². The van der Waals surface area contributed by atoms with Crippen LogP contribution in [-0.2, 0) is 0 Å². The molecule has 1 N–H and O–H groups in total. The Morgan fingerprint density at radius 1 is 1.42 bits per heavy atom. The number of hydrogen-bond acceptors (Lipinski definition) is 1. The van der Waals surface area contributed by atoms with Crippen LogP contribution < -0.4 is 0 Å². The summed E-state index contributed by atoms with van der Waals surface area (Å²) in [5.41, 5.74) is 1.95. The second kappa shape index (κ2) is 2.99. The van der Waals surface area contributed by atoms with Crippen LogP contribution >= 0.6 is 11.6 Å². The maximum absolute atomic E-state index is 5.82. The van der Waals surface area contributed by atoms with Crippen LogP contribution in [0.1, 0.15) is 0 Å². The Hall–Kier alpha value is -1.28. The molecular weight excluding hydrogens is 172 g/mol. The highest BCUT2D eigenvalue weighted by atomic mass is 35.5. The molecule has 59 valence electrons. The van der Waals surface area contributed by atoms with Gasteiger partial charge in [0.05, 0.1) is 5.69 Å². The van der Waals surface area contributed by atoms with E-state index in [9.17, 15) is 0 Å². The number of aromatic nitrogens is 2. The average Bonchev–Trinajstić information content (AvgIpc) is 2.56. The van der Waals surface area contributed by atoms with Gasteiger partial charge in [-0.2, -0.15) is 5.10 Å². The summed E-state index contributed by atoms with van der Waals surface area (Å²) in [5, 5.41) is 7.28. The molecule has 0 aliphatic carbocycles. The molecule has 0 amide bonds. The van der Waals surface area contributed by atoms with E-state index in [2.05, 4.69) is 16.4 Å². The van der Waals surface area contributed by atoms with Gasteiger partial charge in [0.25, 0.3) is 0 Å². The maximum Gasteiger partial charge on any atom is 0.113 e. The molecule has 2 aromatic rings. The first-order chi connectivity index (χ1) is 5.86. The fraction of sp³-hybridized carbons (Fsp3) is 0. The molecule has 0 unspecified atom stereocenters. The molecule has 1 aromatic heterocycles. The van der Waals surface area contributed by atoms with E-state index in [0.717, 1.165) is 16.3 Å². The monoisotopic (exact) mass is 177 g/mol. The van der Waals surface area contributed by atoms with Gasteiger partial charge in [0, 0.05) is 10.6 Å². The Morgan fingerprint density at radius 2 is 2.33 bits per heavy atom.